The fourth-order valence-corrected chi connectivity index (χ4v) is 6.00. The summed E-state index contributed by atoms with van der Waals surface area (Å²) in [5.41, 5.74) is 4.13. The molecule has 31 heavy (non-hydrogen) atoms. The van der Waals surface area contributed by atoms with E-state index in [-0.39, 0.29) is 17.9 Å². The van der Waals surface area contributed by atoms with Crippen LogP contribution < -0.4 is 9.62 Å². The number of hydrogen-bond donors (Lipinski definition) is 2. The Balaban J connectivity index is 1.54. The molecule has 1 amide bonds. The molecule has 7 heteroatoms. The normalized spacial score (nSPS) is 20.6. The van der Waals surface area contributed by atoms with Gasteiger partial charge in [-0.25, -0.2) is 8.42 Å². The van der Waals surface area contributed by atoms with Crippen LogP contribution >= 0.6 is 0 Å². The first-order chi connectivity index (χ1) is 14.7. The third-order valence-electron chi connectivity index (χ3n) is 7.45. The van der Waals surface area contributed by atoms with Gasteiger partial charge in [-0.15, -0.1) is 0 Å². The Morgan fingerprint density at radius 2 is 1.77 bits per heavy atom. The maximum Gasteiger partial charge on any atom is 0.258 e. The topological polar surface area (TPSA) is 86.7 Å². The van der Waals surface area contributed by atoms with E-state index in [0.717, 1.165) is 43.2 Å². The van der Waals surface area contributed by atoms with Gasteiger partial charge in [-0.05, 0) is 85.4 Å². The largest absolute Gasteiger partial charge is 0.392 e. The number of anilines is 2. The quantitative estimate of drug-likeness (QED) is 0.757. The van der Waals surface area contributed by atoms with Crippen molar-refractivity contribution in [2.75, 3.05) is 22.4 Å². The van der Waals surface area contributed by atoms with Crippen LogP contribution in [0.25, 0.3) is 0 Å². The molecule has 1 aliphatic heterocycles. The fourth-order valence-electron chi connectivity index (χ4n) is 5.45. The summed E-state index contributed by atoms with van der Waals surface area (Å²) in [5.74, 6) is -0.0797. The molecule has 2 aromatic rings. The molecule has 2 saturated carbocycles. The van der Waals surface area contributed by atoms with Crippen LogP contribution in [0.2, 0.25) is 0 Å². The minimum Gasteiger partial charge on any atom is -0.392 e. The van der Waals surface area contributed by atoms with Crippen LogP contribution in [-0.4, -0.2) is 32.2 Å². The second kappa shape index (κ2) is 7.07. The lowest BCUT2D eigenvalue weighted by atomic mass is 9.66. The van der Waals surface area contributed by atoms with Gasteiger partial charge in [0, 0.05) is 28.9 Å². The summed E-state index contributed by atoms with van der Waals surface area (Å²) in [7, 11) is -3.38. The number of aliphatic hydroxyl groups is 1. The van der Waals surface area contributed by atoms with Crippen molar-refractivity contribution in [3.05, 3.63) is 59.2 Å². The molecule has 0 unspecified atom stereocenters. The number of benzene rings is 2. The standard InChI is InChI=1S/C24H28N2O4S/c1-31(29,30)25-19-5-6-21-20(14-19)24(11-9-23(7-8-23)10-12-24)16-26(21)22(28)18-4-2-3-17(13-18)15-27/h2-6,13-14,25,27H,7-12,15-16H2,1H3. The van der Waals surface area contributed by atoms with Gasteiger partial charge in [0.15, 0.2) is 0 Å². The van der Waals surface area contributed by atoms with Gasteiger partial charge in [0.2, 0.25) is 10.0 Å². The molecule has 6 nitrogen and oxygen atoms in total. The Morgan fingerprint density at radius 3 is 2.42 bits per heavy atom. The summed E-state index contributed by atoms with van der Waals surface area (Å²) in [6.07, 6.45) is 8.13. The van der Waals surface area contributed by atoms with Crippen molar-refractivity contribution >= 4 is 27.3 Å². The zero-order chi connectivity index (χ0) is 21.9. The molecule has 1 heterocycles. The highest BCUT2D eigenvalue weighted by Crippen LogP contribution is 2.62. The van der Waals surface area contributed by atoms with Crippen molar-refractivity contribution < 1.29 is 18.3 Å². The number of fused-ring (bicyclic) bond motifs is 2. The van der Waals surface area contributed by atoms with E-state index < -0.39 is 10.0 Å². The van der Waals surface area contributed by atoms with E-state index >= 15 is 0 Å². The summed E-state index contributed by atoms with van der Waals surface area (Å²) in [4.78, 5) is 15.3. The van der Waals surface area contributed by atoms with Crippen LogP contribution in [0.5, 0.6) is 0 Å². The van der Waals surface area contributed by atoms with E-state index in [4.69, 9.17) is 0 Å². The number of sulfonamides is 1. The van der Waals surface area contributed by atoms with Crippen LogP contribution in [-0.2, 0) is 22.0 Å². The highest BCUT2D eigenvalue weighted by molar-refractivity contribution is 7.92. The summed E-state index contributed by atoms with van der Waals surface area (Å²) < 4.78 is 26.2. The number of hydrogen-bond acceptors (Lipinski definition) is 4. The number of nitrogens with one attached hydrogen (secondary N) is 1. The van der Waals surface area contributed by atoms with Crippen LogP contribution in [0.3, 0.4) is 0 Å². The summed E-state index contributed by atoms with van der Waals surface area (Å²) in [6, 6.07) is 12.6. The summed E-state index contributed by atoms with van der Waals surface area (Å²) in [5, 5.41) is 9.46. The van der Waals surface area contributed by atoms with Crippen molar-refractivity contribution in [2.45, 2.75) is 50.5 Å². The molecule has 2 spiro atoms. The molecule has 0 atom stereocenters. The van der Waals surface area contributed by atoms with Gasteiger partial charge in [-0.3, -0.25) is 9.52 Å². The van der Waals surface area contributed by atoms with E-state index in [2.05, 4.69) is 4.72 Å². The van der Waals surface area contributed by atoms with E-state index in [1.54, 1.807) is 30.3 Å². The summed E-state index contributed by atoms with van der Waals surface area (Å²) in [6.45, 7) is 0.507. The number of aliphatic hydroxyl groups excluding tert-OH is 1. The predicted molar refractivity (Wildman–Crippen MR) is 121 cm³/mol. The van der Waals surface area contributed by atoms with E-state index in [0.29, 0.717) is 28.8 Å². The smallest absolute Gasteiger partial charge is 0.258 e. The van der Waals surface area contributed by atoms with Gasteiger partial charge in [-0.2, -0.15) is 0 Å². The molecule has 2 aliphatic carbocycles. The molecular weight excluding hydrogens is 412 g/mol. The molecule has 5 rings (SSSR count). The van der Waals surface area contributed by atoms with Gasteiger partial charge in [0.25, 0.3) is 5.91 Å². The lowest BCUT2D eigenvalue weighted by Crippen LogP contribution is -2.40. The Bertz CT molecular complexity index is 1140. The Kier molecular flexibility index (Phi) is 4.68. The fraction of sp³-hybridized carbons (Fsp3) is 0.458. The first-order valence-corrected chi connectivity index (χ1v) is 12.8. The van der Waals surface area contributed by atoms with Crippen LogP contribution in [0.1, 0.15) is 60.0 Å². The molecular formula is C24H28N2O4S. The second-order valence-corrected chi connectivity index (χ2v) is 11.4. The zero-order valence-corrected chi connectivity index (χ0v) is 18.5. The van der Waals surface area contributed by atoms with Gasteiger partial charge >= 0.3 is 0 Å². The van der Waals surface area contributed by atoms with Crippen LogP contribution in [0, 0.1) is 5.41 Å². The van der Waals surface area contributed by atoms with Crippen molar-refractivity contribution in [3.8, 4) is 0 Å². The Labute approximate surface area is 183 Å². The second-order valence-electron chi connectivity index (χ2n) is 9.64. The van der Waals surface area contributed by atoms with Gasteiger partial charge < -0.3 is 10.0 Å². The molecule has 0 bridgehead atoms. The van der Waals surface area contributed by atoms with E-state index in [1.165, 1.54) is 12.8 Å². The minimum absolute atomic E-state index is 0.0797. The van der Waals surface area contributed by atoms with E-state index in [9.17, 15) is 18.3 Å². The molecule has 0 radical (unpaired) electrons. The molecule has 164 valence electrons. The third-order valence-corrected chi connectivity index (χ3v) is 8.06. The first kappa shape index (κ1) is 20.5. The molecule has 2 aromatic carbocycles. The highest BCUT2D eigenvalue weighted by Gasteiger charge is 2.53. The Morgan fingerprint density at radius 1 is 1.06 bits per heavy atom. The number of amides is 1. The SMILES string of the molecule is CS(=O)(=O)Nc1ccc2c(c1)C1(CCC3(CC3)CC1)CN2C(=O)c1cccc(CO)c1. The van der Waals surface area contributed by atoms with E-state index in [1.807, 2.05) is 17.0 Å². The van der Waals surface area contributed by atoms with Crippen LogP contribution in [0.4, 0.5) is 11.4 Å². The van der Waals surface area contributed by atoms with Crippen molar-refractivity contribution in [1.29, 1.82) is 0 Å². The average molecular weight is 441 g/mol. The van der Waals surface area contributed by atoms with Gasteiger partial charge in [0.1, 0.15) is 0 Å². The third kappa shape index (κ3) is 3.74. The predicted octanol–water partition coefficient (Wildman–Crippen LogP) is 3.80. The Hall–Kier alpha value is -2.38. The van der Waals surface area contributed by atoms with Gasteiger partial charge in [0.05, 0.1) is 12.9 Å². The number of carbonyl (C=O) groups is 1. The number of carbonyl (C=O) groups excluding carboxylic acids is 1. The number of rotatable bonds is 4. The van der Waals surface area contributed by atoms with Crippen molar-refractivity contribution in [2.24, 2.45) is 5.41 Å². The molecule has 2 fully saturated rings. The molecule has 0 aromatic heterocycles. The van der Waals surface area contributed by atoms with Gasteiger partial charge in [-0.1, -0.05) is 12.1 Å². The lowest BCUT2D eigenvalue weighted by molar-refractivity contribution is 0.0980. The maximum absolute atomic E-state index is 13.5. The minimum atomic E-state index is -3.38. The average Bonchev–Trinajstić information content (AvgIpc) is 3.44. The highest BCUT2D eigenvalue weighted by atomic mass is 32.2. The monoisotopic (exact) mass is 440 g/mol. The lowest BCUT2D eigenvalue weighted by Gasteiger charge is -2.38. The summed E-state index contributed by atoms with van der Waals surface area (Å²) >= 11 is 0. The molecule has 2 N–H and O–H groups in total. The molecule has 0 saturated heterocycles. The maximum atomic E-state index is 13.5. The van der Waals surface area contributed by atoms with Crippen LogP contribution in [0.15, 0.2) is 42.5 Å². The first-order valence-electron chi connectivity index (χ1n) is 10.9. The molecule has 3 aliphatic rings. The zero-order valence-electron chi connectivity index (χ0n) is 17.7. The van der Waals surface area contributed by atoms with Crippen molar-refractivity contribution in [3.63, 3.8) is 0 Å². The van der Waals surface area contributed by atoms with Crippen molar-refractivity contribution in [1.82, 2.24) is 0 Å². The number of nitrogens with zero attached hydrogens (tertiary/aromatic N) is 1.